The number of nitrogens with one attached hydrogen (secondary N) is 1. The maximum atomic E-state index is 5.40. The van der Waals surface area contributed by atoms with Crippen molar-refractivity contribution in [2.45, 2.75) is 6.42 Å². The van der Waals surface area contributed by atoms with Crippen LogP contribution < -0.4 is 19.5 Å². The first-order valence-corrected chi connectivity index (χ1v) is 8.15. The van der Waals surface area contributed by atoms with Crippen molar-refractivity contribution in [1.29, 1.82) is 0 Å². The minimum absolute atomic E-state index is 0.285. The Morgan fingerprint density at radius 2 is 1.81 bits per heavy atom. The molecule has 0 aliphatic heterocycles. The van der Waals surface area contributed by atoms with Crippen molar-refractivity contribution in [3.63, 3.8) is 0 Å². The summed E-state index contributed by atoms with van der Waals surface area (Å²) in [5, 5.41) is 3.29. The summed E-state index contributed by atoms with van der Waals surface area (Å²) in [4.78, 5) is 8.63. The van der Waals surface area contributed by atoms with Crippen molar-refractivity contribution in [2.75, 3.05) is 33.2 Å². The fourth-order valence-electron chi connectivity index (χ4n) is 2.53. The molecule has 0 fully saturated rings. The van der Waals surface area contributed by atoms with E-state index >= 15 is 0 Å². The third-order valence-corrected chi connectivity index (χ3v) is 3.83. The summed E-state index contributed by atoms with van der Waals surface area (Å²) < 4.78 is 21.2. The number of benzene rings is 1. The SMILES string of the molecule is COc1nc(NCCc2ccc(OC)c(OC)c2)cc(-c2ccco2)n1. The average Bonchev–Trinajstić information content (AvgIpc) is 3.22. The Labute approximate surface area is 151 Å². The van der Waals surface area contributed by atoms with Crippen molar-refractivity contribution in [3.8, 4) is 29.0 Å². The quantitative estimate of drug-likeness (QED) is 0.663. The number of anilines is 1. The summed E-state index contributed by atoms with van der Waals surface area (Å²) in [5.41, 5.74) is 1.79. The molecule has 0 saturated heterocycles. The number of rotatable bonds is 8. The molecule has 7 heteroatoms. The van der Waals surface area contributed by atoms with E-state index in [9.17, 15) is 0 Å². The summed E-state index contributed by atoms with van der Waals surface area (Å²) in [6.07, 6.45) is 2.40. The van der Waals surface area contributed by atoms with E-state index in [0.29, 0.717) is 35.3 Å². The van der Waals surface area contributed by atoms with Crippen molar-refractivity contribution < 1.29 is 18.6 Å². The molecule has 1 N–H and O–H groups in total. The standard InChI is InChI=1S/C19H21N3O4/c1-23-16-7-6-13(11-17(16)24-2)8-9-20-18-12-14(15-5-4-10-26-15)21-19(22-18)25-3/h4-7,10-12H,8-9H2,1-3H3,(H,20,21,22). The predicted molar refractivity (Wildman–Crippen MR) is 98.0 cm³/mol. The van der Waals surface area contributed by atoms with Crippen LogP contribution in [0.15, 0.2) is 47.1 Å². The Morgan fingerprint density at radius 1 is 0.962 bits per heavy atom. The number of nitrogens with zero attached hydrogens (tertiary/aromatic N) is 2. The fourth-order valence-corrected chi connectivity index (χ4v) is 2.53. The Bertz CT molecular complexity index is 850. The predicted octanol–water partition coefficient (Wildman–Crippen LogP) is 3.42. The monoisotopic (exact) mass is 355 g/mol. The molecule has 26 heavy (non-hydrogen) atoms. The maximum Gasteiger partial charge on any atom is 0.318 e. The highest BCUT2D eigenvalue weighted by Crippen LogP contribution is 2.28. The van der Waals surface area contributed by atoms with Gasteiger partial charge in [0.2, 0.25) is 0 Å². The second kappa shape index (κ2) is 8.24. The lowest BCUT2D eigenvalue weighted by Gasteiger charge is -2.11. The highest BCUT2D eigenvalue weighted by molar-refractivity contribution is 5.57. The van der Waals surface area contributed by atoms with Crippen LogP contribution in [0, 0.1) is 0 Å². The highest BCUT2D eigenvalue weighted by Gasteiger charge is 2.09. The molecule has 3 rings (SSSR count). The first kappa shape index (κ1) is 17.6. The van der Waals surface area contributed by atoms with Crippen LogP contribution in [0.1, 0.15) is 5.56 Å². The molecule has 0 aliphatic rings. The molecular formula is C19H21N3O4. The van der Waals surface area contributed by atoms with E-state index in [0.717, 1.165) is 12.0 Å². The highest BCUT2D eigenvalue weighted by atomic mass is 16.5. The van der Waals surface area contributed by atoms with Gasteiger partial charge in [-0.2, -0.15) is 9.97 Å². The molecule has 3 aromatic rings. The van der Waals surface area contributed by atoms with Crippen LogP contribution in [-0.2, 0) is 6.42 Å². The summed E-state index contributed by atoms with van der Waals surface area (Å²) in [7, 11) is 4.79. The zero-order valence-corrected chi connectivity index (χ0v) is 15.0. The Morgan fingerprint density at radius 3 is 2.50 bits per heavy atom. The average molecular weight is 355 g/mol. The van der Waals surface area contributed by atoms with Gasteiger partial charge < -0.3 is 23.9 Å². The van der Waals surface area contributed by atoms with Gasteiger partial charge >= 0.3 is 6.01 Å². The zero-order valence-electron chi connectivity index (χ0n) is 15.0. The number of ether oxygens (including phenoxy) is 3. The lowest BCUT2D eigenvalue weighted by molar-refractivity contribution is 0.354. The van der Waals surface area contributed by atoms with Gasteiger partial charge in [-0.1, -0.05) is 6.07 Å². The van der Waals surface area contributed by atoms with Gasteiger partial charge in [0.05, 0.1) is 27.6 Å². The largest absolute Gasteiger partial charge is 0.493 e. The van der Waals surface area contributed by atoms with Crippen molar-refractivity contribution >= 4 is 5.82 Å². The van der Waals surface area contributed by atoms with Gasteiger partial charge in [0, 0.05) is 12.6 Å². The minimum Gasteiger partial charge on any atom is -0.493 e. The molecule has 136 valence electrons. The second-order valence-corrected chi connectivity index (χ2v) is 5.47. The third kappa shape index (κ3) is 4.05. The van der Waals surface area contributed by atoms with Gasteiger partial charge in [0.1, 0.15) is 11.5 Å². The first-order valence-electron chi connectivity index (χ1n) is 8.15. The molecule has 0 unspecified atom stereocenters. The third-order valence-electron chi connectivity index (χ3n) is 3.83. The summed E-state index contributed by atoms with van der Waals surface area (Å²) in [5.74, 6) is 2.76. The van der Waals surface area contributed by atoms with Gasteiger partial charge in [-0.25, -0.2) is 0 Å². The molecule has 0 aliphatic carbocycles. The molecular weight excluding hydrogens is 334 g/mol. The van der Waals surface area contributed by atoms with Gasteiger partial charge in [0.15, 0.2) is 17.3 Å². The maximum absolute atomic E-state index is 5.40. The molecule has 0 radical (unpaired) electrons. The van der Waals surface area contributed by atoms with Crippen LogP contribution in [0.3, 0.4) is 0 Å². The molecule has 0 amide bonds. The number of hydrogen-bond acceptors (Lipinski definition) is 7. The van der Waals surface area contributed by atoms with Crippen LogP contribution in [-0.4, -0.2) is 37.8 Å². The van der Waals surface area contributed by atoms with E-state index in [1.807, 2.05) is 36.4 Å². The summed E-state index contributed by atoms with van der Waals surface area (Å²) in [6, 6.07) is 11.6. The molecule has 0 atom stereocenters. The second-order valence-electron chi connectivity index (χ2n) is 5.47. The molecule has 1 aromatic carbocycles. The number of hydrogen-bond donors (Lipinski definition) is 1. The van der Waals surface area contributed by atoms with Gasteiger partial charge in [-0.3, -0.25) is 0 Å². The topological polar surface area (TPSA) is 78.6 Å². The molecule has 0 saturated carbocycles. The van der Waals surface area contributed by atoms with Crippen LogP contribution >= 0.6 is 0 Å². The normalized spacial score (nSPS) is 10.4. The van der Waals surface area contributed by atoms with E-state index in [1.54, 1.807) is 20.5 Å². The fraction of sp³-hybridized carbons (Fsp3) is 0.263. The minimum atomic E-state index is 0.285. The number of aromatic nitrogens is 2. The molecule has 2 aromatic heterocycles. The van der Waals surface area contributed by atoms with E-state index in [4.69, 9.17) is 18.6 Å². The van der Waals surface area contributed by atoms with E-state index in [2.05, 4.69) is 15.3 Å². The molecule has 0 spiro atoms. The molecule has 2 heterocycles. The zero-order chi connectivity index (χ0) is 18.4. The van der Waals surface area contributed by atoms with E-state index in [1.165, 1.54) is 7.11 Å². The first-order chi connectivity index (χ1) is 12.7. The summed E-state index contributed by atoms with van der Waals surface area (Å²) in [6.45, 7) is 0.688. The van der Waals surface area contributed by atoms with Gasteiger partial charge in [0.25, 0.3) is 0 Å². The lowest BCUT2D eigenvalue weighted by atomic mass is 10.1. The van der Waals surface area contributed by atoms with E-state index < -0.39 is 0 Å². The molecule has 7 nitrogen and oxygen atoms in total. The van der Waals surface area contributed by atoms with Crippen LogP contribution in [0.5, 0.6) is 17.5 Å². The van der Waals surface area contributed by atoms with Crippen LogP contribution in [0.2, 0.25) is 0 Å². The van der Waals surface area contributed by atoms with Crippen molar-refractivity contribution in [3.05, 3.63) is 48.2 Å². The van der Waals surface area contributed by atoms with E-state index in [-0.39, 0.29) is 6.01 Å². The Balaban J connectivity index is 1.69. The Kier molecular flexibility index (Phi) is 5.58. The van der Waals surface area contributed by atoms with Gasteiger partial charge in [-0.05, 0) is 36.2 Å². The Hall–Kier alpha value is -3.22. The van der Waals surface area contributed by atoms with Gasteiger partial charge in [-0.15, -0.1) is 0 Å². The van der Waals surface area contributed by atoms with Crippen LogP contribution in [0.4, 0.5) is 5.82 Å². The molecule has 0 bridgehead atoms. The van der Waals surface area contributed by atoms with Crippen molar-refractivity contribution in [2.24, 2.45) is 0 Å². The van der Waals surface area contributed by atoms with Crippen molar-refractivity contribution in [1.82, 2.24) is 9.97 Å². The lowest BCUT2D eigenvalue weighted by Crippen LogP contribution is -2.08. The number of methoxy groups -OCH3 is 3. The van der Waals surface area contributed by atoms with Crippen LogP contribution in [0.25, 0.3) is 11.5 Å². The number of furan rings is 1. The summed E-state index contributed by atoms with van der Waals surface area (Å²) >= 11 is 0. The smallest absolute Gasteiger partial charge is 0.318 e.